The van der Waals surface area contributed by atoms with Gasteiger partial charge in [-0.2, -0.15) is 0 Å². The minimum Gasteiger partial charge on any atom is -0.481 e. The summed E-state index contributed by atoms with van der Waals surface area (Å²) in [4.78, 5) is 40.6. The number of rotatable bonds is 10. The number of alkyl halides is 2. The molecule has 12 atom stereocenters. The molecule has 0 saturated heterocycles. The van der Waals surface area contributed by atoms with E-state index in [4.69, 9.17) is 43.0 Å². The molecule has 0 aliphatic heterocycles. The maximum atomic E-state index is 13.0. The van der Waals surface area contributed by atoms with Gasteiger partial charge < -0.3 is 9.84 Å². The molecule has 0 aromatic carbocycles. The average molecular weight is 608 g/mol. The second kappa shape index (κ2) is 15.2. The van der Waals surface area contributed by atoms with Gasteiger partial charge >= 0.3 is 11.9 Å². The summed E-state index contributed by atoms with van der Waals surface area (Å²) in [6.07, 6.45) is 9.55. The van der Waals surface area contributed by atoms with Gasteiger partial charge in [0, 0.05) is 0 Å². The Labute approximate surface area is 248 Å². The van der Waals surface area contributed by atoms with E-state index in [1.165, 1.54) is 0 Å². The maximum Gasteiger partial charge on any atom is 0.310 e. The summed E-state index contributed by atoms with van der Waals surface area (Å²) in [5.41, 5.74) is 0. The van der Waals surface area contributed by atoms with E-state index in [-0.39, 0.29) is 28.9 Å². The number of hydrogen-bond donors (Lipinski definition) is 2. The summed E-state index contributed by atoms with van der Waals surface area (Å²) in [5, 5.41) is 18.1. The normalized spacial score (nSPS) is 42.7. The third-order valence-electron chi connectivity index (χ3n) is 10.3. The standard InChI is InChI=1S/C30H48Cl2O8/c1-17-3-5-21(15-37-36)22(11-17)16-38-40-28-10-7-20(14-26(28)32)19-6-9-27(25(31)13-19)39-30(35)24-12-18(2)4-8-23(24)29(33)34/h17-28,36H,3-16H2,1-2H3,(H,33,34). The van der Waals surface area contributed by atoms with Gasteiger partial charge in [0.15, 0.2) is 0 Å². The molecule has 0 radical (unpaired) electrons. The van der Waals surface area contributed by atoms with Crippen molar-refractivity contribution >= 4 is 35.1 Å². The number of carboxylic acid groups (broad SMARTS) is 1. The Morgan fingerprint density at radius 3 is 1.98 bits per heavy atom. The van der Waals surface area contributed by atoms with E-state index in [0.29, 0.717) is 62.1 Å². The molecular formula is C30H48Cl2O8. The maximum absolute atomic E-state index is 13.0. The highest BCUT2D eigenvalue weighted by atomic mass is 35.5. The molecule has 4 aliphatic rings. The van der Waals surface area contributed by atoms with Gasteiger partial charge in [-0.25, -0.2) is 14.7 Å². The molecule has 4 rings (SSSR count). The van der Waals surface area contributed by atoms with Crippen LogP contribution in [0.1, 0.15) is 90.9 Å². The van der Waals surface area contributed by atoms with Crippen molar-refractivity contribution in [3.8, 4) is 0 Å². The summed E-state index contributed by atoms with van der Waals surface area (Å²) >= 11 is 13.5. The molecule has 2 N–H and O–H groups in total. The topological polar surface area (TPSA) is 112 Å². The molecule has 0 bridgehead atoms. The van der Waals surface area contributed by atoms with E-state index in [1.54, 1.807) is 0 Å². The van der Waals surface area contributed by atoms with Crippen molar-refractivity contribution in [1.29, 1.82) is 0 Å². The molecule has 230 valence electrons. The third-order valence-corrected chi connectivity index (χ3v) is 11.3. The number of carbonyl (C=O) groups is 2. The number of ether oxygens (including phenoxy) is 1. The Balaban J connectivity index is 1.19. The van der Waals surface area contributed by atoms with Crippen molar-refractivity contribution in [2.24, 2.45) is 47.3 Å². The van der Waals surface area contributed by atoms with Crippen molar-refractivity contribution in [2.45, 2.75) is 114 Å². The van der Waals surface area contributed by atoms with Gasteiger partial charge in [0.25, 0.3) is 0 Å². The minimum absolute atomic E-state index is 0.147. The van der Waals surface area contributed by atoms with Crippen molar-refractivity contribution in [3.63, 3.8) is 0 Å². The highest BCUT2D eigenvalue weighted by Gasteiger charge is 2.43. The molecule has 0 heterocycles. The highest BCUT2D eigenvalue weighted by molar-refractivity contribution is 6.21. The van der Waals surface area contributed by atoms with E-state index < -0.39 is 23.8 Å². The number of esters is 1. The van der Waals surface area contributed by atoms with Crippen LogP contribution in [0.25, 0.3) is 0 Å². The predicted molar refractivity (Wildman–Crippen MR) is 151 cm³/mol. The van der Waals surface area contributed by atoms with Crippen molar-refractivity contribution in [3.05, 3.63) is 0 Å². The highest BCUT2D eigenvalue weighted by Crippen LogP contribution is 2.43. The number of carbonyl (C=O) groups excluding carboxylic acids is 1. The van der Waals surface area contributed by atoms with Crippen LogP contribution in [0.4, 0.5) is 0 Å². The Morgan fingerprint density at radius 1 is 0.725 bits per heavy atom. The van der Waals surface area contributed by atoms with Crippen LogP contribution in [-0.2, 0) is 29.0 Å². The van der Waals surface area contributed by atoms with Crippen molar-refractivity contribution in [1.82, 2.24) is 0 Å². The van der Waals surface area contributed by atoms with Gasteiger partial charge in [-0.3, -0.25) is 14.8 Å². The molecule has 4 aliphatic carbocycles. The molecule has 4 fully saturated rings. The monoisotopic (exact) mass is 606 g/mol. The molecule has 10 heteroatoms. The lowest BCUT2D eigenvalue weighted by Gasteiger charge is -2.41. The van der Waals surface area contributed by atoms with E-state index in [0.717, 1.165) is 57.8 Å². The number of halogens is 2. The largest absolute Gasteiger partial charge is 0.481 e. The predicted octanol–water partition coefficient (Wildman–Crippen LogP) is 6.71. The molecule has 0 amide bonds. The molecule has 40 heavy (non-hydrogen) atoms. The summed E-state index contributed by atoms with van der Waals surface area (Å²) in [7, 11) is 0. The first-order valence-electron chi connectivity index (χ1n) is 15.4. The molecule has 0 aromatic heterocycles. The van der Waals surface area contributed by atoms with Gasteiger partial charge in [-0.05, 0) is 106 Å². The van der Waals surface area contributed by atoms with Crippen LogP contribution in [0.3, 0.4) is 0 Å². The Kier molecular flexibility index (Phi) is 12.3. The lowest BCUT2D eigenvalue weighted by atomic mass is 9.72. The van der Waals surface area contributed by atoms with Crippen molar-refractivity contribution < 1.29 is 39.4 Å². The zero-order valence-corrected chi connectivity index (χ0v) is 25.4. The SMILES string of the molecule is CC1CCC(COO)C(COOC2CCC(C3CCC(OC(=O)C4CC(C)CCC4C(=O)O)C(Cl)C3)CC2Cl)C1. The molecule has 8 nitrogen and oxygen atoms in total. The average Bonchev–Trinajstić information content (AvgIpc) is 2.92. The summed E-state index contributed by atoms with van der Waals surface area (Å²) < 4.78 is 5.85. The fraction of sp³-hybridized carbons (Fsp3) is 0.933. The third kappa shape index (κ3) is 8.47. The van der Waals surface area contributed by atoms with Crippen LogP contribution in [0.5, 0.6) is 0 Å². The number of aliphatic carboxylic acids is 1. The molecule has 0 spiro atoms. The zero-order valence-electron chi connectivity index (χ0n) is 23.9. The molecule has 12 unspecified atom stereocenters. The molecule has 4 saturated carbocycles. The van der Waals surface area contributed by atoms with E-state index >= 15 is 0 Å². The summed E-state index contributed by atoms with van der Waals surface area (Å²) in [5.74, 6) is -0.220. The zero-order chi connectivity index (χ0) is 28.8. The second-order valence-electron chi connectivity index (χ2n) is 13.3. The number of hydrogen-bond acceptors (Lipinski definition) is 7. The minimum atomic E-state index is -0.912. The quantitative estimate of drug-likeness (QED) is 0.122. The summed E-state index contributed by atoms with van der Waals surface area (Å²) in [6.45, 7) is 5.11. The lowest BCUT2D eigenvalue weighted by Crippen LogP contribution is -2.42. The Hall–Kier alpha value is -0.640. The lowest BCUT2D eigenvalue weighted by molar-refractivity contribution is -0.339. The van der Waals surface area contributed by atoms with Gasteiger partial charge in [0.05, 0.1) is 35.8 Å². The summed E-state index contributed by atoms with van der Waals surface area (Å²) in [6, 6.07) is 0. The Morgan fingerprint density at radius 2 is 1.35 bits per heavy atom. The van der Waals surface area contributed by atoms with Crippen LogP contribution in [-0.4, -0.2) is 58.5 Å². The van der Waals surface area contributed by atoms with Gasteiger partial charge in [-0.15, -0.1) is 23.2 Å². The van der Waals surface area contributed by atoms with Crippen LogP contribution >= 0.6 is 23.2 Å². The van der Waals surface area contributed by atoms with Crippen LogP contribution in [0.2, 0.25) is 0 Å². The van der Waals surface area contributed by atoms with Crippen LogP contribution < -0.4 is 0 Å². The first-order valence-corrected chi connectivity index (χ1v) is 16.3. The van der Waals surface area contributed by atoms with Crippen LogP contribution in [0.15, 0.2) is 0 Å². The first kappa shape index (κ1) is 32.3. The molecule has 0 aromatic rings. The first-order chi connectivity index (χ1) is 19.2. The van der Waals surface area contributed by atoms with Crippen LogP contribution in [0, 0.1) is 47.3 Å². The molecular weight excluding hydrogens is 559 g/mol. The number of carboxylic acids is 1. The smallest absolute Gasteiger partial charge is 0.310 e. The van der Waals surface area contributed by atoms with E-state index in [1.807, 2.05) is 0 Å². The van der Waals surface area contributed by atoms with Crippen molar-refractivity contribution in [2.75, 3.05) is 13.2 Å². The van der Waals surface area contributed by atoms with E-state index in [9.17, 15) is 14.7 Å². The van der Waals surface area contributed by atoms with E-state index in [2.05, 4.69) is 18.7 Å². The van der Waals surface area contributed by atoms with Gasteiger partial charge in [0.2, 0.25) is 0 Å². The second-order valence-corrected chi connectivity index (χ2v) is 14.4. The Bertz CT molecular complexity index is 830. The fourth-order valence-electron chi connectivity index (χ4n) is 7.80. The fourth-order valence-corrected chi connectivity index (χ4v) is 8.60. The van der Waals surface area contributed by atoms with Gasteiger partial charge in [-0.1, -0.05) is 20.3 Å². The van der Waals surface area contributed by atoms with Gasteiger partial charge in [0.1, 0.15) is 12.2 Å².